The third-order valence-corrected chi connectivity index (χ3v) is 11.8. The number of amides is 8. The number of benzene rings is 3. The first-order valence-electron chi connectivity index (χ1n) is 23.2. The molecule has 8 amide bonds. The molecule has 0 bridgehead atoms. The van der Waals surface area contributed by atoms with E-state index in [0.29, 0.717) is 32.0 Å². The Labute approximate surface area is 407 Å². The predicted octanol–water partition coefficient (Wildman–Crippen LogP) is 1.71. The molecule has 0 spiro atoms. The van der Waals surface area contributed by atoms with E-state index in [0.717, 1.165) is 23.3 Å². The van der Waals surface area contributed by atoms with Crippen LogP contribution in [0, 0.1) is 0 Å². The number of hydrogen-bond acceptors (Lipinski definition) is 16. The molecule has 1 unspecified atom stereocenters. The first-order valence-corrected chi connectivity index (χ1v) is 23.2. The highest BCUT2D eigenvalue weighted by molar-refractivity contribution is 6.24. The zero-order chi connectivity index (χ0) is 50.3. The summed E-state index contributed by atoms with van der Waals surface area (Å²) in [5.41, 5.74) is 2.87. The lowest BCUT2D eigenvalue weighted by atomic mass is 10.0. The fraction of sp³-hybridized carbons (Fsp3) is 0.408. The molecule has 3 aliphatic rings. The SMILES string of the molecule is CN(CCNC(=O)CCOCCOCCOCCOCCNC(=O)COc1cccc2c1C(=O)N(C1CCC(=O)NC1=O)C2=O)C(=O)c1ccc(-c2cc(C(=O)N[C@@H]3CCc4ccccc43)no2)cc1O. The van der Waals surface area contributed by atoms with Gasteiger partial charge >= 0.3 is 0 Å². The van der Waals surface area contributed by atoms with E-state index in [1.165, 1.54) is 46.9 Å². The van der Waals surface area contributed by atoms with Crippen molar-refractivity contribution in [1.82, 2.24) is 36.2 Å². The number of carbonyl (C=O) groups is 8. The summed E-state index contributed by atoms with van der Waals surface area (Å²) in [6, 6.07) is 17.0. The Balaban J connectivity index is 0.663. The zero-order valence-corrected chi connectivity index (χ0v) is 39.0. The van der Waals surface area contributed by atoms with Crippen molar-refractivity contribution in [2.45, 2.75) is 44.2 Å². The zero-order valence-electron chi connectivity index (χ0n) is 39.0. The summed E-state index contributed by atoms with van der Waals surface area (Å²) < 4.78 is 32.8. The van der Waals surface area contributed by atoms with Crippen LogP contribution in [0.2, 0.25) is 0 Å². The Morgan fingerprint density at radius 1 is 0.803 bits per heavy atom. The second-order valence-electron chi connectivity index (χ2n) is 16.6. The summed E-state index contributed by atoms with van der Waals surface area (Å²) >= 11 is 0. The van der Waals surface area contributed by atoms with E-state index in [2.05, 4.69) is 32.5 Å². The average Bonchev–Trinajstić information content (AvgIpc) is 4.09. The topological polar surface area (TPSA) is 284 Å². The van der Waals surface area contributed by atoms with Crippen molar-refractivity contribution in [1.29, 1.82) is 0 Å². The van der Waals surface area contributed by atoms with E-state index >= 15 is 0 Å². The highest BCUT2D eigenvalue weighted by Gasteiger charge is 2.46. The Bertz CT molecular complexity index is 2620. The van der Waals surface area contributed by atoms with Crippen LogP contribution in [0.25, 0.3) is 11.3 Å². The maximum atomic E-state index is 13.2. The van der Waals surface area contributed by atoms with E-state index in [4.69, 9.17) is 28.2 Å². The summed E-state index contributed by atoms with van der Waals surface area (Å²) in [6.07, 6.45) is 1.79. The van der Waals surface area contributed by atoms with Crippen LogP contribution in [0.5, 0.6) is 11.5 Å². The molecule has 4 aromatic rings. The molecule has 0 radical (unpaired) electrons. The molecular formula is C49H55N7O15. The van der Waals surface area contributed by atoms with Crippen LogP contribution in [0.4, 0.5) is 0 Å². The van der Waals surface area contributed by atoms with Gasteiger partial charge in [-0.25, -0.2) is 0 Å². The van der Waals surface area contributed by atoms with E-state index < -0.39 is 48.1 Å². The van der Waals surface area contributed by atoms with Crippen molar-refractivity contribution >= 4 is 47.3 Å². The number of imide groups is 2. The largest absolute Gasteiger partial charge is 0.507 e. The number of aromatic hydroxyl groups is 1. The summed E-state index contributed by atoms with van der Waals surface area (Å²) in [6.45, 7) is 2.22. The summed E-state index contributed by atoms with van der Waals surface area (Å²) in [7, 11) is 1.55. The first kappa shape index (κ1) is 51.3. The molecule has 22 nitrogen and oxygen atoms in total. The van der Waals surface area contributed by atoms with Crippen LogP contribution in [-0.4, -0.2) is 160 Å². The van der Waals surface area contributed by atoms with Crippen LogP contribution in [0.15, 0.2) is 71.3 Å². The summed E-state index contributed by atoms with van der Waals surface area (Å²) in [5.74, 6) is -4.20. The molecule has 3 aromatic carbocycles. The molecule has 1 fully saturated rings. The molecule has 1 aromatic heterocycles. The molecule has 3 heterocycles. The van der Waals surface area contributed by atoms with Gasteiger partial charge in [0, 0.05) is 51.2 Å². The van der Waals surface area contributed by atoms with Crippen molar-refractivity contribution < 1.29 is 71.7 Å². The first-order chi connectivity index (χ1) is 34.4. The Hall–Kier alpha value is -7.53. The van der Waals surface area contributed by atoms with Gasteiger partial charge in [-0.2, -0.15) is 0 Å². The highest BCUT2D eigenvalue weighted by atomic mass is 16.6. The van der Waals surface area contributed by atoms with Crippen LogP contribution in [0.1, 0.15) is 84.4 Å². The maximum Gasteiger partial charge on any atom is 0.273 e. The lowest BCUT2D eigenvalue weighted by molar-refractivity contribution is -0.136. The second-order valence-corrected chi connectivity index (χ2v) is 16.6. The number of nitrogens with one attached hydrogen (secondary N) is 4. The minimum absolute atomic E-state index is 0.00681. The van der Waals surface area contributed by atoms with Crippen molar-refractivity contribution in [2.75, 3.05) is 86.1 Å². The maximum absolute atomic E-state index is 13.2. The number of phenolic OH excluding ortho intramolecular Hbond substituents is 1. The minimum Gasteiger partial charge on any atom is -0.507 e. The number of nitrogens with zero attached hydrogens (tertiary/aromatic N) is 3. The van der Waals surface area contributed by atoms with Gasteiger partial charge in [0.05, 0.1) is 75.6 Å². The van der Waals surface area contributed by atoms with E-state index in [1.54, 1.807) is 13.1 Å². The molecule has 7 rings (SSSR count). The number of carbonyl (C=O) groups excluding carboxylic acids is 8. The number of hydrogen-bond donors (Lipinski definition) is 5. The number of likely N-dealkylation sites (N-methyl/N-ethyl adjacent to an activating group) is 1. The molecule has 2 aliphatic heterocycles. The third kappa shape index (κ3) is 13.4. The number of fused-ring (bicyclic) bond motifs is 2. The van der Waals surface area contributed by atoms with Gasteiger partial charge in [0.25, 0.3) is 29.5 Å². The van der Waals surface area contributed by atoms with E-state index in [9.17, 15) is 43.5 Å². The van der Waals surface area contributed by atoms with Crippen molar-refractivity contribution in [3.63, 3.8) is 0 Å². The molecule has 5 N–H and O–H groups in total. The van der Waals surface area contributed by atoms with Gasteiger partial charge in [0.15, 0.2) is 18.1 Å². The van der Waals surface area contributed by atoms with Gasteiger partial charge in [-0.1, -0.05) is 41.6 Å². The minimum atomic E-state index is -1.12. The van der Waals surface area contributed by atoms with Gasteiger partial charge in [-0.15, -0.1) is 0 Å². The number of rotatable bonds is 26. The van der Waals surface area contributed by atoms with E-state index in [-0.39, 0.29) is 123 Å². The second kappa shape index (κ2) is 24.8. The Morgan fingerprint density at radius 2 is 1.52 bits per heavy atom. The van der Waals surface area contributed by atoms with Gasteiger partial charge in [0.1, 0.15) is 17.5 Å². The third-order valence-electron chi connectivity index (χ3n) is 11.8. The fourth-order valence-corrected chi connectivity index (χ4v) is 8.07. The lowest BCUT2D eigenvalue weighted by Gasteiger charge is -2.27. The number of piperidine rings is 1. The summed E-state index contributed by atoms with van der Waals surface area (Å²) in [4.78, 5) is 103. The van der Waals surface area contributed by atoms with Crippen LogP contribution >= 0.6 is 0 Å². The molecule has 376 valence electrons. The van der Waals surface area contributed by atoms with Gasteiger partial charge in [0.2, 0.25) is 17.7 Å². The van der Waals surface area contributed by atoms with Gasteiger partial charge in [-0.3, -0.25) is 48.6 Å². The number of phenols is 1. The summed E-state index contributed by atoms with van der Waals surface area (Å²) in [5, 5.41) is 25.2. The predicted molar refractivity (Wildman–Crippen MR) is 248 cm³/mol. The van der Waals surface area contributed by atoms with Crippen molar-refractivity contribution in [2.24, 2.45) is 0 Å². The molecule has 22 heteroatoms. The lowest BCUT2D eigenvalue weighted by Crippen LogP contribution is -2.54. The van der Waals surface area contributed by atoms with Crippen LogP contribution in [0.3, 0.4) is 0 Å². The molecule has 1 saturated heterocycles. The number of ether oxygens (including phenoxy) is 5. The highest BCUT2D eigenvalue weighted by Crippen LogP contribution is 2.34. The molecule has 71 heavy (non-hydrogen) atoms. The standard InChI is InChI=1S/C49H55N7O15/c1-55(47(63)33-11-9-31(27-38(33)57)40-28-36(54-71-40)45(61)52-35-12-10-30-5-2-3-6-32(30)35)18-16-50-41(58)15-19-66-21-23-68-25-26-69-24-22-67-20-17-51-43(60)29-70-39-8-4-7-34-44(39)49(65)56(48(34)64)37-13-14-42(59)53-46(37)62/h2-9,11,27-28,35,37,57H,10,12-26,29H2,1H3,(H,50,58)(H,51,60)(H,52,61)(H,53,59,62)/t35-,37?/m1/s1. The monoisotopic (exact) mass is 981 g/mol. The average molecular weight is 982 g/mol. The van der Waals surface area contributed by atoms with Gasteiger partial charge in [-0.05, 0) is 54.7 Å². The van der Waals surface area contributed by atoms with Crippen molar-refractivity contribution in [3.8, 4) is 22.8 Å². The molecular weight excluding hydrogens is 927 g/mol. The van der Waals surface area contributed by atoms with Crippen LogP contribution in [-0.2, 0) is 44.5 Å². The smallest absolute Gasteiger partial charge is 0.273 e. The fourth-order valence-electron chi connectivity index (χ4n) is 8.07. The molecule has 0 saturated carbocycles. The van der Waals surface area contributed by atoms with Crippen molar-refractivity contribution in [3.05, 3.63) is 100 Å². The number of aromatic nitrogens is 1. The number of aryl methyl sites for hydroxylation is 1. The van der Waals surface area contributed by atoms with E-state index in [1.807, 2.05) is 18.2 Å². The Morgan fingerprint density at radius 3 is 2.27 bits per heavy atom. The molecule has 2 atom stereocenters. The normalized spacial score (nSPS) is 16.0. The Kier molecular flexibility index (Phi) is 18.0. The van der Waals surface area contributed by atoms with Crippen LogP contribution < -0.4 is 26.0 Å². The van der Waals surface area contributed by atoms with Gasteiger partial charge < -0.3 is 54.2 Å². The molecule has 1 aliphatic carbocycles. The quantitative estimate of drug-likeness (QED) is 0.0442.